The summed E-state index contributed by atoms with van der Waals surface area (Å²) in [5.41, 5.74) is 0.486. The molecule has 2 fully saturated rings. The van der Waals surface area contributed by atoms with Crippen LogP contribution in [-0.2, 0) is 21.8 Å². The molecule has 2 aliphatic rings. The van der Waals surface area contributed by atoms with Crippen molar-refractivity contribution >= 4 is 28.9 Å². The van der Waals surface area contributed by atoms with Crippen molar-refractivity contribution in [1.82, 2.24) is 19.7 Å². The van der Waals surface area contributed by atoms with Crippen molar-refractivity contribution in [1.29, 1.82) is 0 Å². The molecule has 192 valence electrons. The van der Waals surface area contributed by atoms with Gasteiger partial charge in [-0.2, -0.15) is 5.10 Å². The highest BCUT2D eigenvalue weighted by atomic mass is 35.5. The summed E-state index contributed by atoms with van der Waals surface area (Å²) in [7, 11) is 0. The fraction of sp³-hybridized carbons (Fsp3) is 0.462. The third kappa shape index (κ3) is 5.63. The van der Waals surface area contributed by atoms with Crippen LogP contribution in [0.1, 0.15) is 30.4 Å². The maximum Gasteiger partial charge on any atom is 0.217 e. The summed E-state index contributed by atoms with van der Waals surface area (Å²) < 4.78 is 88.4. The largest absolute Gasteiger partial charge is 0.491 e. The molecule has 2 saturated heterocycles. The molecule has 0 N–H and O–H groups in total. The second kappa shape index (κ2) is 10.9. The molecule has 0 aliphatic carbocycles. The van der Waals surface area contributed by atoms with Gasteiger partial charge >= 0.3 is 0 Å². The lowest BCUT2D eigenvalue weighted by Gasteiger charge is -2.38. The minimum Gasteiger partial charge on any atom is -0.491 e. The predicted octanol–water partition coefficient (Wildman–Crippen LogP) is 4.46. The molecule has 0 saturated carbocycles. The maximum absolute atomic E-state index is 8.61. The Balaban J connectivity index is 1.34. The van der Waals surface area contributed by atoms with Crippen molar-refractivity contribution in [2.45, 2.75) is 38.3 Å². The van der Waals surface area contributed by atoms with Crippen LogP contribution in [0.3, 0.4) is 0 Å². The van der Waals surface area contributed by atoms with Crippen molar-refractivity contribution in [3.05, 3.63) is 70.7 Å². The average molecular weight is 541 g/mol. The number of aromatic nitrogens is 3. The highest BCUT2D eigenvalue weighted by molar-refractivity contribution is 6.35. The summed E-state index contributed by atoms with van der Waals surface area (Å²) in [6, 6.07) is 9.81. The molecule has 0 bridgehead atoms. The van der Waals surface area contributed by atoms with E-state index in [-0.39, 0.29) is 25.4 Å². The minimum atomic E-state index is -2.94. The number of hydrogen-bond donors (Lipinski definition) is 0. The summed E-state index contributed by atoms with van der Waals surface area (Å²) in [5.74, 6) is -0.968. The van der Waals surface area contributed by atoms with E-state index >= 15 is 0 Å². The Labute approximate surface area is 232 Å². The van der Waals surface area contributed by atoms with E-state index in [0.717, 1.165) is 0 Å². The van der Waals surface area contributed by atoms with Crippen LogP contribution < -0.4 is 9.64 Å². The van der Waals surface area contributed by atoms with Gasteiger partial charge in [-0.1, -0.05) is 29.3 Å². The van der Waals surface area contributed by atoms with Gasteiger partial charge in [0.15, 0.2) is 0 Å². The Morgan fingerprint density at radius 1 is 1.14 bits per heavy atom. The Kier molecular flexibility index (Phi) is 5.23. The van der Waals surface area contributed by atoms with Gasteiger partial charge in [-0.25, -0.2) is 9.67 Å². The summed E-state index contributed by atoms with van der Waals surface area (Å²) in [6.07, 6.45) is 2.37. The van der Waals surface area contributed by atoms with Crippen molar-refractivity contribution in [3.63, 3.8) is 0 Å². The SMILES string of the molecule is [2H]C1([2H])N(c2ccc(OC[C@H]3CO[C@](Cn4cncn4)(c4ccc(Cl)cc4Cl)O3)cc2)C([2H])([2H])C([2H])([2H])N(C(C)C)C1([2H])[2H]. The molecular formula is C26H31Cl2N5O3. The molecule has 3 heterocycles. The Morgan fingerprint density at radius 3 is 2.58 bits per heavy atom. The normalized spacial score (nSPS) is 31.8. The number of nitrogens with zero attached hydrogens (tertiary/aromatic N) is 5. The van der Waals surface area contributed by atoms with E-state index < -0.39 is 43.9 Å². The van der Waals surface area contributed by atoms with E-state index in [1.807, 2.05) is 0 Å². The number of benzene rings is 2. The van der Waals surface area contributed by atoms with Gasteiger partial charge in [0, 0.05) is 53.8 Å². The number of anilines is 1. The van der Waals surface area contributed by atoms with E-state index in [1.165, 1.54) is 50.8 Å². The minimum absolute atomic E-state index is 0.0451. The molecule has 2 aliphatic heterocycles. The molecule has 10 heteroatoms. The van der Waals surface area contributed by atoms with Crippen LogP contribution >= 0.6 is 23.2 Å². The van der Waals surface area contributed by atoms with Crippen LogP contribution in [0, 0.1) is 0 Å². The first-order valence-corrected chi connectivity index (χ1v) is 12.1. The average Bonchev–Trinajstić information content (AvgIpc) is 3.57. The second-order valence-corrected chi connectivity index (χ2v) is 9.42. The third-order valence-corrected chi connectivity index (χ3v) is 6.20. The van der Waals surface area contributed by atoms with Gasteiger partial charge in [0.2, 0.25) is 5.79 Å². The zero-order valence-electron chi connectivity index (χ0n) is 27.7. The van der Waals surface area contributed by atoms with Gasteiger partial charge in [-0.05, 0) is 50.2 Å². The number of rotatable bonds is 8. The molecule has 2 atom stereocenters. The molecule has 36 heavy (non-hydrogen) atoms. The number of piperazine rings is 1. The quantitative estimate of drug-likeness (QED) is 0.418. The molecule has 8 nitrogen and oxygen atoms in total. The van der Waals surface area contributed by atoms with Crippen LogP contribution in [0.4, 0.5) is 5.69 Å². The summed E-state index contributed by atoms with van der Waals surface area (Å²) in [6.45, 7) is -8.32. The molecule has 2 aromatic carbocycles. The Hall–Kier alpha value is -2.36. The summed E-state index contributed by atoms with van der Waals surface area (Å²) in [4.78, 5) is 5.10. The summed E-state index contributed by atoms with van der Waals surface area (Å²) >= 11 is 12.6. The molecule has 0 radical (unpaired) electrons. The molecule has 1 aromatic heterocycles. The molecule has 3 aromatic rings. The van der Waals surface area contributed by atoms with E-state index in [2.05, 4.69) is 10.1 Å². The molecule has 0 amide bonds. The van der Waals surface area contributed by atoms with Crippen LogP contribution in [0.25, 0.3) is 0 Å². The first-order chi connectivity index (χ1) is 20.4. The summed E-state index contributed by atoms with van der Waals surface area (Å²) in [5, 5.41) is 4.95. The first kappa shape index (κ1) is 17.2. The zero-order chi connectivity index (χ0) is 32.3. The highest BCUT2D eigenvalue weighted by Gasteiger charge is 2.45. The molecular weight excluding hydrogens is 501 g/mol. The lowest BCUT2D eigenvalue weighted by atomic mass is 10.1. The lowest BCUT2D eigenvalue weighted by Crippen LogP contribution is -2.48. The number of hydrogen-bond acceptors (Lipinski definition) is 7. The predicted molar refractivity (Wildman–Crippen MR) is 140 cm³/mol. The van der Waals surface area contributed by atoms with Gasteiger partial charge in [-0.3, -0.25) is 4.90 Å². The van der Waals surface area contributed by atoms with Crippen molar-refractivity contribution in [2.24, 2.45) is 0 Å². The molecule has 5 rings (SSSR count). The fourth-order valence-corrected chi connectivity index (χ4v) is 4.37. The van der Waals surface area contributed by atoms with E-state index in [0.29, 0.717) is 31.2 Å². The van der Waals surface area contributed by atoms with E-state index in [4.69, 9.17) is 48.4 Å². The number of ether oxygens (including phenoxy) is 3. The standard InChI is InChI=1S/C26H31Cl2N5O3/c1-19(2)31-9-11-32(12-10-31)21-4-6-22(7-5-21)34-14-23-15-35-26(36-23,16-33-18-29-17-30-33)24-8-3-20(27)13-25(24)28/h3-8,13,17-19,23H,9-12,14-16H2,1-2H3/t23-,26-/m0/s1/i9D2,10D2,11D2,12D2. The van der Waals surface area contributed by atoms with Crippen LogP contribution in [0.5, 0.6) is 5.75 Å². The number of halogens is 2. The van der Waals surface area contributed by atoms with Crippen LogP contribution in [0.2, 0.25) is 10.0 Å². The van der Waals surface area contributed by atoms with E-state index in [9.17, 15) is 0 Å². The Bertz CT molecular complexity index is 1450. The van der Waals surface area contributed by atoms with Gasteiger partial charge in [-0.15, -0.1) is 0 Å². The zero-order valence-corrected chi connectivity index (χ0v) is 21.2. The smallest absolute Gasteiger partial charge is 0.217 e. The van der Waals surface area contributed by atoms with Crippen LogP contribution in [-0.4, -0.2) is 71.0 Å². The van der Waals surface area contributed by atoms with Gasteiger partial charge in [0.05, 0.1) is 17.1 Å². The Morgan fingerprint density at radius 2 is 1.92 bits per heavy atom. The molecule has 0 spiro atoms. The monoisotopic (exact) mass is 539 g/mol. The van der Waals surface area contributed by atoms with Gasteiger partial charge in [0.1, 0.15) is 37.7 Å². The van der Waals surface area contributed by atoms with Gasteiger partial charge < -0.3 is 19.1 Å². The van der Waals surface area contributed by atoms with Crippen molar-refractivity contribution in [2.75, 3.05) is 44.1 Å². The first-order valence-electron chi connectivity index (χ1n) is 15.4. The fourth-order valence-electron chi connectivity index (χ4n) is 3.81. The molecule has 0 unspecified atom stereocenters. The highest BCUT2D eigenvalue weighted by Crippen LogP contribution is 2.40. The van der Waals surface area contributed by atoms with Gasteiger partial charge in [0.25, 0.3) is 0 Å². The third-order valence-electron chi connectivity index (χ3n) is 5.65. The second-order valence-electron chi connectivity index (χ2n) is 8.57. The topological polar surface area (TPSA) is 64.9 Å². The van der Waals surface area contributed by atoms with E-state index in [1.54, 1.807) is 22.9 Å². The van der Waals surface area contributed by atoms with Crippen molar-refractivity contribution < 1.29 is 25.2 Å². The maximum atomic E-state index is 8.61. The van der Waals surface area contributed by atoms with Crippen molar-refractivity contribution in [3.8, 4) is 5.75 Å². The van der Waals surface area contributed by atoms with Crippen LogP contribution in [0.15, 0.2) is 55.1 Å². The lowest BCUT2D eigenvalue weighted by molar-refractivity contribution is -0.190.